The molecular weight excluding hydrogens is 339 g/mol. The highest BCUT2D eigenvalue weighted by Gasteiger charge is 2.11. The first-order chi connectivity index (χ1) is 11.9. The molecule has 0 aromatic heterocycles. The Balaban J connectivity index is 2.05. The molecule has 1 atom stereocenters. The maximum absolute atomic E-state index is 13.0. The van der Waals surface area contributed by atoms with Crippen LogP contribution < -0.4 is 10.6 Å². The summed E-state index contributed by atoms with van der Waals surface area (Å²) in [5.41, 5.74) is 3.06. The number of hydrogen-bond acceptors (Lipinski definition) is 3. The maximum Gasteiger partial charge on any atom is 0.338 e. The molecule has 0 amide bonds. The molecule has 0 heterocycles. The number of hydrogen-bond donors (Lipinski definition) is 2. The SMILES string of the molecule is CCOC(=O)c1ccc(C)c(NC(=S)NC(C)c2ccc(F)cc2)c1. The van der Waals surface area contributed by atoms with Crippen LogP contribution >= 0.6 is 12.2 Å². The van der Waals surface area contributed by atoms with Crippen molar-refractivity contribution in [3.63, 3.8) is 0 Å². The van der Waals surface area contributed by atoms with Gasteiger partial charge in [-0.1, -0.05) is 18.2 Å². The minimum absolute atomic E-state index is 0.0888. The summed E-state index contributed by atoms with van der Waals surface area (Å²) in [5.74, 6) is -0.646. The lowest BCUT2D eigenvalue weighted by Crippen LogP contribution is -2.31. The third-order valence-electron chi connectivity index (χ3n) is 3.71. The molecule has 132 valence electrons. The average Bonchev–Trinajstić information content (AvgIpc) is 2.57. The lowest BCUT2D eigenvalue weighted by Gasteiger charge is -2.18. The first-order valence-electron chi connectivity index (χ1n) is 8.01. The number of esters is 1. The van der Waals surface area contributed by atoms with Crippen molar-refractivity contribution in [3.8, 4) is 0 Å². The van der Waals surface area contributed by atoms with Gasteiger partial charge in [0.2, 0.25) is 0 Å². The number of carbonyl (C=O) groups is 1. The van der Waals surface area contributed by atoms with Crippen LogP contribution in [0.3, 0.4) is 0 Å². The zero-order valence-corrected chi connectivity index (χ0v) is 15.2. The standard InChI is InChI=1S/C19H21FN2O2S/c1-4-24-18(23)15-6-5-12(2)17(11-15)22-19(25)21-13(3)14-7-9-16(20)10-8-14/h5-11,13H,4H2,1-3H3,(H2,21,22,25). The van der Waals surface area contributed by atoms with E-state index in [1.54, 1.807) is 31.2 Å². The van der Waals surface area contributed by atoms with Gasteiger partial charge in [0.25, 0.3) is 0 Å². The number of ether oxygens (including phenoxy) is 1. The summed E-state index contributed by atoms with van der Waals surface area (Å²) >= 11 is 5.35. The molecule has 0 radical (unpaired) electrons. The summed E-state index contributed by atoms with van der Waals surface area (Å²) < 4.78 is 18.0. The summed E-state index contributed by atoms with van der Waals surface area (Å²) in [5, 5.41) is 6.66. The highest BCUT2D eigenvalue weighted by atomic mass is 32.1. The molecule has 0 aliphatic carbocycles. The smallest absolute Gasteiger partial charge is 0.338 e. The van der Waals surface area contributed by atoms with E-state index in [0.29, 0.717) is 17.3 Å². The summed E-state index contributed by atoms with van der Waals surface area (Å²) in [6.45, 7) is 5.94. The van der Waals surface area contributed by atoms with E-state index in [-0.39, 0.29) is 17.8 Å². The van der Waals surface area contributed by atoms with E-state index in [1.807, 2.05) is 19.9 Å². The highest BCUT2D eigenvalue weighted by Crippen LogP contribution is 2.19. The molecule has 0 saturated heterocycles. The zero-order chi connectivity index (χ0) is 18.4. The van der Waals surface area contributed by atoms with Gasteiger partial charge in [0, 0.05) is 5.69 Å². The van der Waals surface area contributed by atoms with Crippen LogP contribution in [0.5, 0.6) is 0 Å². The van der Waals surface area contributed by atoms with Crippen molar-refractivity contribution in [1.29, 1.82) is 0 Å². The monoisotopic (exact) mass is 360 g/mol. The van der Waals surface area contributed by atoms with Crippen LogP contribution in [0.4, 0.5) is 10.1 Å². The second-order valence-corrected chi connectivity index (χ2v) is 6.03. The minimum Gasteiger partial charge on any atom is -0.462 e. The van der Waals surface area contributed by atoms with Gasteiger partial charge in [-0.2, -0.15) is 0 Å². The molecule has 2 rings (SSSR count). The van der Waals surface area contributed by atoms with E-state index < -0.39 is 0 Å². The molecule has 0 aliphatic heterocycles. The number of anilines is 1. The fourth-order valence-electron chi connectivity index (χ4n) is 2.29. The van der Waals surface area contributed by atoms with Crippen molar-refractivity contribution in [2.75, 3.05) is 11.9 Å². The van der Waals surface area contributed by atoms with Crippen LogP contribution in [0.15, 0.2) is 42.5 Å². The Morgan fingerprint density at radius 2 is 1.92 bits per heavy atom. The highest BCUT2D eigenvalue weighted by molar-refractivity contribution is 7.80. The molecule has 2 aromatic carbocycles. The molecule has 2 aromatic rings. The van der Waals surface area contributed by atoms with Gasteiger partial charge in [0.1, 0.15) is 5.82 Å². The Morgan fingerprint density at radius 3 is 2.56 bits per heavy atom. The van der Waals surface area contributed by atoms with E-state index in [9.17, 15) is 9.18 Å². The molecule has 0 bridgehead atoms. The Bertz CT molecular complexity index is 763. The van der Waals surface area contributed by atoms with Crippen molar-refractivity contribution >= 4 is 29.0 Å². The minimum atomic E-state index is -0.371. The summed E-state index contributed by atoms with van der Waals surface area (Å²) in [6.07, 6.45) is 0. The number of nitrogens with one attached hydrogen (secondary N) is 2. The predicted octanol–water partition coefficient (Wildman–Crippen LogP) is 4.36. The van der Waals surface area contributed by atoms with Gasteiger partial charge < -0.3 is 15.4 Å². The fraction of sp³-hybridized carbons (Fsp3) is 0.263. The molecule has 25 heavy (non-hydrogen) atoms. The predicted molar refractivity (Wildman–Crippen MR) is 101 cm³/mol. The van der Waals surface area contributed by atoms with E-state index in [1.165, 1.54) is 12.1 Å². The molecule has 0 saturated carbocycles. The van der Waals surface area contributed by atoms with Gasteiger partial charge in [-0.25, -0.2) is 9.18 Å². The van der Waals surface area contributed by atoms with Crippen LogP contribution in [-0.4, -0.2) is 17.7 Å². The van der Waals surface area contributed by atoms with Crippen molar-refractivity contribution in [2.45, 2.75) is 26.8 Å². The van der Waals surface area contributed by atoms with Gasteiger partial charge in [0.15, 0.2) is 5.11 Å². The van der Waals surface area contributed by atoms with Gasteiger partial charge in [0.05, 0.1) is 18.2 Å². The molecule has 1 unspecified atom stereocenters. The van der Waals surface area contributed by atoms with Crippen LogP contribution in [0, 0.1) is 12.7 Å². The summed E-state index contributed by atoms with van der Waals surface area (Å²) in [6, 6.07) is 11.4. The molecule has 2 N–H and O–H groups in total. The summed E-state index contributed by atoms with van der Waals surface area (Å²) in [4.78, 5) is 11.9. The number of aryl methyl sites for hydroxylation is 1. The third-order valence-corrected chi connectivity index (χ3v) is 3.93. The number of rotatable bonds is 5. The van der Waals surface area contributed by atoms with Crippen molar-refractivity contribution in [3.05, 3.63) is 65.0 Å². The van der Waals surface area contributed by atoms with E-state index >= 15 is 0 Å². The van der Waals surface area contributed by atoms with Crippen LogP contribution in [0.2, 0.25) is 0 Å². The Hall–Kier alpha value is -2.47. The van der Waals surface area contributed by atoms with E-state index in [0.717, 1.165) is 16.8 Å². The maximum atomic E-state index is 13.0. The molecular formula is C19H21FN2O2S. The molecule has 0 fully saturated rings. The van der Waals surface area contributed by atoms with Crippen molar-refractivity contribution < 1.29 is 13.9 Å². The lowest BCUT2D eigenvalue weighted by atomic mass is 10.1. The van der Waals surface area contributed by atoms with Gasteiger partial charge >= 0.3 is 5.97 Å². The van der Waals surface area contributed by atoms with E-state index in [4.69, 9.17) is 17.0 Å². The van der Waals surface area contributed by atoms with Gasteiger partial charge in [-0.15, -0.1) is 0 Å². The summed E-state index contributed by atoms with van der Waals surface area (Å²) in [7, 11) is 0. The fourth-order valence-corrected chi connectivity index (χ4v) is 2.57. The Kier molecular flexibility index (Phi) is 6.47. The normalized spacial score (nSPS) is 11.5. The van der Waals surface area contributed by atoms with Crippen LogP contribution in [-0.2, 0) is 4.74 Å². The van der Waals surface area contributed by atoms with Crippen molar-refractivity contribution in [1.82, 2.24) is 5.32 Å². The first-order valence-corrected chi connectivity index (χ1v) is 8.42. The Labute approximate surface area is 152 Å². The quantitative estimate of drug-likeness (QED) is 0.613. The average molecular weight is 360 g/mol. The third kappa shape index (κ3) is 5.26. The molecule has 4 nitrogen and oxygen atoms in total. The van der Waals surface area contributed by atoms with Crippen LogP contribution in [0.25, 0.3) is 0 Å². The van der Waals surface area contributed by atoms with E-state index in [2.05, 4.69) is 10.6 Å². The largest absolute Gasteiger partial charge is 0.462 e. The lowest BCUT2D eigenvalue weighted by molar-refractivity contribution is 0.0526. The first kappa shape index (κ1) is 18.9. The number of halogens is 1. The molecule has 0 aliphatic rings. The topological polar surface area (TPSA) is 50.4 Å². The molecule has 6 heteroatoms. The van der Waals surface area contributed by atoms with Crippen LogP contribution in [0.1, 0.15) is 41.4 Å². The second-order valence-electron chi connectivity index (χ2n) is 5.62. The van der Waals surface area contributed by atoms with Gasteiger partial charge in [-0.3, -0.25) is 0 Å². The Morgan fingerprint density at radius 1 is 1.24 bits per heavy atom. The van der Waals surface area contributed by atoms with Gasteiger partial charge in [-0.05, 0) is 68.4 Å². The second kappa shape index (κ2) is 8.58. The molecule has 0 spiro atoms. The number of thiocarbonyl (C=S) groups is 1. The van der Waals surface area contributed by atoms with Crippen molar-refractivity contribution in [2.24, 2.45) is 0 Å². The number of carbonyl (C=O) groups excluding carboxylic acids is 1. The number of benzene rings is 2. The zero-order valence-electron chi connectivity index (χ0n) is 14.4.